The molecule has 2 N–H and O–H groups in total. The Labute approximate surface area is 187 Å². The number of ether oxygens (including phenoxy) is 1. The number of hydrogen-bond acceptors (Lipinski definition) is 4. The summed E-state index contributed by atoms with van der Waals surface area (Å²) in [6, 6.07) is 10.8. The number of aliphatic imine (C=N–C) groups is 1. The first kappa shape index (κ1) is 22.6. The van der Waals surface area contributed by atoms with E-state index in [1.54, 1.807) is 36.8 Å². The number of ketones is 1. The van der Waals surface area contributed by atoms with E-state index in [4.69, 9.17) is 4.74 Å². The predicted molar refractivity (Wildman–Crippen MR) is 118 cm³/mol. The lowest BCUT2D eigenvalue weighted by atomic mass is 9.71. The molecule has 0 bridgehead atoms. The number of hydrogen-bond donors (Lipinski definition) is 2. The Hall–Kier alpha value is -3.62. The molecule has 4 rings (SSSR count). The highest BCUT2D eigenvalue weighted by atomic mass is 19.4. The zero-order chi connectivity index (χ0) is 24.0. The fraction of sp³-hybridized carbons (Fsp3) is 0.292. The molecule has 0 fully saturated rings. The summed E-state index contributed by atoms with van der Waals surface area (Å²) in [5, 5.41) is 2.60. The third-order valence-corrected chi connectivity index (χ3v) is 5.78. The molecule has 0 unspecified atom stereocenters. The molecule has 0 spiro atoms. The van der Waals surface area contributed by atoms with Crippen molar-refractivity contribution in [3.8, 4) is 5.75 Å². The quantitative estimate of drug-likeness (QED) is 0.446. The number of aromatic nitrogens is 1. The zero-order valence-electron chi connectivity index (χ0n) is 18.3. The van der Waals surface area contributed by atoms with Gasteiger partial charge in [-0.15, -0.1) is 0 Å². The van der Waals surface area contributed by atoms with Crippen LogP contribution in [0.2, 0.25) is 0 Å². The fourth-order valence-corrected chi connectivity index (χ4v) is 4.18. The number of halogens is 3. The second-order valence-corrected chi connectivity index (χ2v) is 8.33. The summed E-state index contributed by atoms with van der Waals surface area (Å²) in [5.74, 6) is -1.72. The molecule has 1 aromatic heterocycles. The maximum atomic E-state index is 13.4. The van der Waals surface area contributed by atoms with Gasteiger partial charge in [-0.25, -0.2) is 0 Å². The van der Waals surface area contributed by atoms with Crippen molar-refractivity contribution >= 4 is 28.8 Å². The largest absolute Gasteiger partial charge is 0.492 e. The molecule has 33 heavy (non-hydrogen) atoms. The lowest BCUT2D eigenvalue weighted by molar-refractivity contribution is -0.173. The molecular weight excluding hydrogens is 435 g/mol. The van der Waals surface area contributed by atoms with Crippen LogP contribution < -0.4 is 10.1 Å². The Balaban J connectivity index is 1.62. The van der Waals surface area contributed by atoms with Gasteiger partial charge in [0.05, 0.1) is 12.1 Å². The van der Waals surface area contributed by atoms with Crippen LogP contribution in [0.4, 0.5) is 13.2 Å². The number of carbonyl (C=O) groups excluding carboxylic acids is 2. The average molecular weight is 457 g/mol. The van der Waals surface area contributed by atoms with Gasteiger partial charge in [0.15, 0.2) is 5.78 Å². The first-order chi connectivity index (χ1) is 15.5. The van der Waals surface area contributed by atoms with E-state index >= 15 is 0 Å². The van der Waals surface area contributed by atoms with Crippen molar-refractivity contribution < 1.29 is 27.5 Å². The third-order valence-electron chi connectivity index (χ3n) is 5.78. The van der Waals surface area contributed by atoms with Crippen molar-refractivity contribution in [3.63, 3.8) is 0 Å². The normalized spacial score (nSPS) is 14.9. The van der Waals surface area contributed by atoms with Crippen molar-refractivity contribution in [3.05, 3.63) is 64.3 Å². The van der Waals surface area contributed by atoms with Crippen molar-refractivity contribution in [2.24, 2.45) is 4.99 Å². The lowest BCUT2D eigenvalue weighted by Crippen LogP contribution is -2.38. The minimum Gasteiger partial charge on any atom is -0.492 e. The van der Waals surface area contributed by atoms with Gasteiger partial charge in [-0.2, -0.15) is 13.2 Å². The molecule has 0 aliphatic heterocycles. The second kappa shape index (κ2) is 8.06. The number of nitrogens with zero attached hydrogens (tertiary/aromatic N) is 1. The number of amides is 1. The highest BCUT2D eigenvalue weighted by molar-refractivity contribution is 6.20. The Bertz CT molecular complexity index is 1290. The number of carbonyl (C=O) groups is 2. The van der Waals surface area contributed by atoms with Crippen LogP contribution in [0, 0.1) is 0 Å². The van der Waals surface area contributed by atoms with Gasteiger partial charge >= 0.3 is 12.1 Å². The predicted octanol–water partition coefficient (Wildman–Crippen LogP) is 4.14. The summed E-state index contributed by atoms with van der Waals surface area (Å²) in [7, 11) is 1.69. The highest BCUT2D eigenvalue weighted by Gasteiger charge is 2.40. The van der Waals surface area contributed by atoms with E-state index in [-0.39, 0.29) is 18.9 Å². The summed E-state index contributed by atoms with van der Waals surface area (Å²) < 4.78 is 42.4. The minimum atomic E-state index is -4.93. The molecule has 1 aliphatic rings. The summed E-state index contributed by atoms with van der Waals surface area (Å²) in [5.41, 5.74) is 3.91. The van der Waals surface area contributed by atoms with Crippen LogP contribution in [0.25, 0.3) is 10.9 Å². The van der Waals surface area contributed by atoms with Gasteiger partial charge in [0, 0.05) is 40.8 Å². The molecule has 1 heterocycles. The fourth-order valence-electron chi connectivity index (χ4n) is 4.18. The van der Waals surface area contributed by atoms with Crippen LogP contribution >= 0.6 is 0 Å². The molecule has 9 heteroatoms. The number of benzene rings is 2. The number of H-pyrrole nitrogens is 1. The van der Waals surface area contributed by atoms with E-state index in [0.29, 0.717) is 16.9 Å². The highest BCUT2D eigenvalue weighted by Crippen LogP contribution is 2.44. The number of alkyl halides is 3. The average Bonchev–Trinajstić information content (AvgIpc) is 3.15. The maximum absolute atomic E-state index is 13.4. The van der Waals surface area contributed by atoms with E-state index in [1.807, 2.05) is 32.0 Å². The standard InChI is InChI=1S/C24H22F3N3O3/c1-23(2)17-11-14(33-9-8-29-22(32)24(25,26)27)5-7-15(17)20(31)19-16-6-4-13(12-28-3)10-18(16)30-21(19)23/h4-7,10-12,30H,8-9H2,1-3H3,(H,29,32). The van der Waals surface area contributed by atoms with Crippen LogP contribution in [-0.4, -0.2) is 49.3 Å². The van der Waals surface area contributed by atoms with Gasteiger partial charge in [0.1, 0.15) is 12.4 Å². The zero-order valence-corrected chi connectivity index (χ0v) is 18.3. The first-order valence-electron chi connectivity index (χ1n) is 10.3. The Kier molecular flexibility index (Phi) is 5.51. The first-order valence-corrected chi connectivity index (χ1v) is 10.3. The SMILES string of the molecule is CN=Cc1ccc2c3c([nH]c2c1)C(C)(C)c1cc(OCCNC(=O)C(F)(F)F)ccc1C3=O. The minimum absolute atomic E-state index is 0.105. The topological polar surface area (TPSA) is 83.5 Å². The van der Waals surface area contributed by atoms with Gasteiger partial charge in [-0.1, -0.05) is 26.0 Å². The molecule has 0 radical (unpaired) electrons. The molecule has 0 saturated carbocycles. The molecule has 6 nitrogen and oxygen atoms in total. The molecule has 172 valence electrons. The van der Waals surface area contributed by atoms with Crippen molar-refractivity contribution in [2.75, 3.05) is 20.2 Å². The lowest BCUT2D eigenvalue weighted by Gasteiger charge is -2.32. The molecule has 0 saturated heterocycles. The molecule has 3 aromatic rings. The van der Waals surface area contributed by atoms with Gasteiger partial charge in [-0.05, 0) is 35.4 Å². The van der Waals surface area contributed by atoms with Crippen LogP contribution in [0.15, 0.2) is 41.4 Å². The van der Waals surface area contributed by atoms with Crippen LogP contribution in [0.1, 0.15) is 46.6 Å². The summed E-state index contributed by atoms with van der Waals surface area (Å²) >= 11 is 0. The molecule has 1 amide bonds. The Morgan fingerprint density at radius 1 is 1.21 bits per heavy atom. The number of rotatable bonds is 5. The Morgan fingerprint density at radius 3 is 2.67 bits per heavy atom. The van der Waals surface area contributed by atoms with Crippen LogP contribution in [-0.2, 0) is 10.2 Å². The smallest absolute Gasteiger partial charge is 0.471 e. The molecule has 2 aromatic carbocycles. The third kappa shape index (κ3) is 3.99. The van der Waals surface area contributed by atoms with Crippen molar-refractivity contribution in [1.29, 1.82) is 0 Å². The van der Waals surface area contributed by atoms with E-state index in [1.165, 1.54) is 0 Å². The molecular formula is C24H22F3N3O3. The van der Waals surface area contributed by atoms with Gasteiger partial charge in [-0.3, -0.25) is 14.6 Å². The second-order valence-electron chi connectivity index (χ2n) is 8.33. The summed E-state index contributed by atoms with van der Waals surface area (Å²) in [6.45, 7) is 3.55. The van der Waals surface area contributed by atoms with E-state index in [9.17, 15) is 22.8 Å². The summed E-state index contributed by atoms with van der Waals surface area (Å²) in [6.07, 6.45) is -3.20. The monoisotopic (exact) mass is 457 g/mol. The van der Waals surface area contributed by atoms with Crippen LogP contribution in [0.3, 0.4) is 0 Å². The molecule has 1 aliphatic carbocycles. The van der Waals surface area contributed by atoms with E-state index in [0.717, 1.165) is 27.7 Å². The van der Waals surface area contributed by atoms with E-state index < -0.39 is 17.5 Å². The van der Waals surface area contributed by atoms with Crippen LogP contribution in [0.5, 0.6) is 5.75 Å². The van der Waals surface area contributed by atoms with Crippen molar-refractivity contribution in [1.82, 2.24) is 10.3 Å². The number of nitrogens with one attached hydrogen (secondary N) is 2. The van der Waals surface area contributed by atoms with Gasteiger partial charge in [0.2, 0.25) is 0 Å². The van der Waals surface area contributed by atoms with Gasteiger partial charge < -0.3 is 15.0 Å². The van der Waals surface area contributed by atoms with E-state index in [2.05, 4.69) is 9.98 Å². The molecule has 0 atom stereocenters. The number of aromatic amines is 1. The number of fused-ring (bicyclic) bond motifs is 4. The summed E-state index contributed by atoms with van der Waals surface area (Å²) in [4.78, 5) is 31.7. The van der Waals surface area contributed by atoms with Gasteiger partial charge in [0.25, 0.3) is 0 Å². The van der Waals surface area contributed by atoms with Crippen molar-refractivity contribution in [2.45, 2.75) is 25.4 Å². The maximum Gasteiger partial charge on any atom is 0.471 e. The Morgan fingerprint density at radius 2 is 1.97 bits per heavy atom.